The third-order valence-corrected chi connectivity index (χ3v) is 3.50. The largest absolute Gasteiger partial charge is 0.473 e. The number of thiazole rings is 1. The van der Waals surface area contributed by atoms with E-state index in [9.17, 15) is 4.79 Å². The molecule has 0 bridgehead atoms. The molecule has 1 atom stereocenters. The van der Waals surface area contributed by atoms with Gasteiger partial charge in [-0.15, -0.1) is 0 Å². The van der Waals surface area contributed by atoms with Crippen LogP contribution < -0.4 is 10.1 Å². The average Bonchev–Trinajstić information content (AvgIpc) is 2.78. The third kappa shape index (κ3) is 2.35. The summed E-state index contributed by atoms with van der Waals surface area (Å²) in [5.41, 5.74) is 0. The lowest BCUT2D eigenvalue weighted by Crippen LogP contribution is -2.40. The van der Waals surface area contributed by atoms with Gasteiger partial charge in [-0.3, -0.25) is 4.79 Å². The molecule has 1 aliphatic heterocycles. The zero-order valence-electron chi connectivity index (χ0n) is 8.66. The lowest BCUT2D eigenvalue weighted by atomic mass is 10.0. The van der Waals surface area contributed by atoms with Crippen molar-refractivity contribution in [1.29, 1.82) is 0 Å². The van der Waals surface area contributed by atoms with Crippen LogP contribution in [-0.4, -0.2) is 30.5 Å². The van der Waals surface area contributed by atoms with Crippen LogP contribution in [0.15, 0.2) is 6.20 Å². The molecule has 0 saturated carbocycles. The maximum Gasteiger partial charge on any atom is 0.273 e. The smallest absolute Gasteiger partial charge is 0.273 e. The van der Waals surface area contributed by atoms with E-state index in [1.54, 1.807) is 13.3 Å². The third-order valence-electron chi connectivity index (χ3n) is 2.53. The molecule has 1 aromatic heterocycles. The number of nitrogens with one attached hydrogen (secondary N) is 1. The van der Waals surface area contributed by atoms with Crippen molar-refractivity contribution in [2.24, 2.45) is 0 Å². The predicted molar refractivity (Wildman–Crippen MR) is 58.6 cm³/mol. The summed E-state index contributed by atoms with van der Waals surface area (Å²) in [5.74, 6) is 0.149. The molecule has 1 unspecified atom stereocenters. The molecule has 82 valence electrons. The van der Waals surface area contributed by atoms with Crippen LogP contribution in [0.1, 0.15) is 28.9 Å². The van der Waals surface area contributed by atoms with Gasteiger partial charge >= 0.3 is 0 Å². The van der Waals surface area contributed by atoms with Crippen molar-refractivity contribution in [1.82, 2.24) is 10.3 Å². The summed E-state index contributed by atoms with van der Waals surface area (Å²) in [4.78, 5) is 16.7. The van der Waals surface area contributed by atoms with E-state index in [1.165, 1.54) is 11.3 Å². The van der Waals surface area contributed by atoms with Crippen LogP contribution in [0.5, 0.6) is 5.19 Å². The van der Waals surface area contributed by atoms with Gasteiger partial charge in [0.1, 0.15) is 0 Å². The van der Waals surface area contributed by atoms with Crippen molar-refractivity contribution < 1.29 is 9.53 Å². The Labute approximate surface area is 92.7 Å². The molecule has 0 amide bonds. The number of nitrogens with zero attached hydrogens (tertiary/aromatic N) is 1. The van der Waals surface area contributed by atoms with Crippen LogP contribution in [0.4, 0.5) is 0 Å². The summed E-state index contributed by atoms with van der Waals surface area (Å²) in [6.45, 7) is 0.937. The van der Waals surface area contributed by atoms with Crippen molar-refractivity contribution in [3.63, 3.8) is 0 Å². The molecule has 0 aliphatic carbocycles. The first-order valence-corrected chi connectivity index (χ1v) is 5.90. The van der Waals surface area contributed by atoms with Gasteiger partial charge in [-0.25, -0.2) is 4.98 Å². The van der Waals surface area contributed by atoms with Gasteiger partial charge in [0.2, 0.25) is 0 Å². The Morgan fingerprint density at radius 3 is 3.13 bits per heavy atom. The van der Waals surface area contributed by atoms with Crippen molar-refractivity contribution >= 4 is 17.1 Å². The fourth-order valence-electron chi connectivity index (χ4n) is 1.71. The molecular weight excluding hydrogens is 212 g/mol. The fourth-order valence-corrected chi connectivity index (χ4v) is 2.44. The van der Waals surface area contributed by atoms with Crippen molar-refractivity contribution in [2.45, 2.75) is 25.3 Å². The highest BCUT2D eigenvalue weighted by Gasteiger charge is 2.23. The van der Waals surface area contributed by atoms with E-state index < -0.39 is 0 Å². The quantitative estimate of drug-likeness (QED) is 0.793. The number of Topliss-reactive ketones (excluding diaryl/α,β-unsaturated/α-hetero) is 1. The minimum atomic E-state index is -0.0242. The number of methoxy groups -OCH3 is 1. The molecule has 5 heteroatoms. The molecule has 0 radical (unpaired) electrons. The number of ether oxygens (including phenoxy) is 1. The highest BCUT2D eigenvalue weighted by Crippen LogP contribution is 2.22. The molecule has 4 nitrogen and oxygen atoms in total. The summed E-state index contributed by atoms with van der Waals surface area (Å²) in [6, 6.07) is -0.0242. The number of carbonyl (C=O) groups excluding carboxylic acids is 1. The minimum absolute atomic E-state index is 0.0242. The average molecular weight is 226 g/mol. The van der Waals surface area contributed by atoms with E-state index in [0.29, 0.717) is 10.1 Å². The van der Waals surface area contributed by atoms with E-state index in [0.717, 1.165) is 25.8 Å². The highest BCUT2D eigenvalue weighted by atomic mass is 32.1. The van der Waals surface area contributed by atoms with E-state index in [2.05, 4.69) is 10.3 Å². The second kappa shape index (κ2) is 4.72. The topological polar surface area (TPSA) is 51.2 Å². The zero-order chi connectivity index (χ0) is 10.7. The van der Waals surface area contributed by atoms with E-state index in [1.807, 2.05) is 0 Å². The van der Waals surface area contributed by atoms with Crippen molar-refractivity contribution in [2.75, 3.05) is 13.7 Å². The molecule has 0 aromatic carbocycles. The molecule has 1 aromatic rings. The molecule has 0 spiro atoms. The number of carbonyl (C=O) groups is 1. The van der Waals surface area contributed by atoms with Gasteiger partial charge in [0.25, 0.3) is 5.19 Å². The summed E-state index contributed by atoms with van der Waals surface area (Å²) in [7, 11) is 1.56. The minimum Gasteiger partial charge on any atom is -0.473 e. The Balaban J connectivity index is 2.05. The maximum atomic E-state index is 12.0. The molecule has 1 N–H and O–H groups in total. The number of ketones is 1. The SMILES string of the molecule is COc1ncc(C(=O)C2CCCCN2)s1. The van der Waals surface area contributed by atoms with Gasteiger partial charge in [0.05, 0.1) is 24.2 Å². The normalized spacial score (nSPS) is 21.3. The van der Waals surface area contributed by atoms with Crippen LogP contribution in [0.2, 0.25) is 0 Å². The summed E-state index contributed by atoms with van der Waals surface area (Å²) >= 11 is 1.31. The molecule has 2 heterocycles. The Bertz CT molecular complexity index is 345. The lowest BCUT2D eigenvalue weighted by molar-refractivity contribution is 0.0931. The Morgan fingerprint density at radius 2 is 2.53 bits per heavy atom. The number of hydrogen-bond donors (Lipinski definition) is 1. The van der Waals surface area contributed by atoms with Crippen LogP contribution >= 0.6 is 11.3 Å². The van der Waals surface area contributed by atoms with E-state index in [-0.39, 0.29) is 11.8 Å². The lowest BCUT2D eigenvalue weighted by Gasteiger charge is -2.21. The Kier molecular flexibility index (Phi) is 3.33. The summed E-state index contributed by atoms with van der Waals surface area (Å²) in [5, 5.41) is 3.78. The van der Waals surface area contributed by atoms with Gasteiger partial charge in [0, 0.05) is 0 Å². The van der Waals surface area contributed by atoms with Crippen molar-refractivity contribution in [3.05, 3.63) is 11.1 Å². The van der Waals surface area contributed by atoms with E-state index in [4.69, 9.17) is 4.74 Å². The number of rotatable bonds is 3. The van der Waals surface area contributed by atoms with Crippen LogP contribution in [0, 0.1) is 0 Å². The molecular formula is C10H14N2O2S. The molecule has 1 fully saturated rings. The zero-order valence-corrected chi connectivity index (χ0v) is 9.47. The van der Waals surface area contributed by atoms with Gasteiger partial charge in [-0.2, -0.15) is 0 Å². The Morgan fingerprint density at radius 1 is 1.67 bits per heavy atom. The second-order valence-corrected chi connectivity index (χ2v) is 4.55. The van der Waals surface area contributed by atoms with Gasteiger partial charge in [-0.1, -0.05) is 17.8 Å². The number of aromatic nitrogens is 1. The predicted octanol–water partition coefficient (Wildman–Crippen LogP) is 1.48. The first-order valence-electron chi connectivity index (χ1n) is 5.08. The monoisotopic (exact) mass is 226 g/mol. The molecule has 1 saturated heterocycles. The first kappa shape index (κ1) is 10.6. The van der Waals surface area contributed by atoms with Crippen LogP contribution in [-0.2, 0) is 0 Å². The van der Waals surface area contributed by atoms with Crippen molar-refractivity contribution in [3.8, 4) is 5.19 Å². The maximum absolute atomic E-state index is 12.0. The van der Waals surface area contributed by atoms with Gasteiger partial charge in [-0.05, 0) is 19.4 Å². The molecule has 2 rings (SSSR count). The van der Waals surface area contributed by atoms with Gasteiger partial charge in [0.15, 0.2) is 5.78 Å². The van der Waals surface area contributed by atoms with Gasteiger partial charge < -0.3 is 10.1 Å². The van der Waals surface area contributed by atoms with Crippen LogP contribution in [0.25, 0.3) is 0 Å². The molecule has 15 heavy (non-hydrogen) atoms. The fraction of sp³-hybridized carbons (Fsp3) is 0.600. The van der Waals surface area contributed by atoms with Crippen LogP contribution in [0.3, 0.4) is 0 Å². The number of piperidine rings is 1. The summed E-state index contributed by atoms with van der Waals surface area (Å²) < 4.78 is 4.97. The highest BCUT2D eigenvalue weighted by molar-refractivity contribution is 7.15. The Hall–Kier alpha value is -0.940. The first-order chi connectivity index (χ1) is 7.31. The molecule has 1 aliphatic rings. The second-order valence-electron chi connectivity index (χ2n) is 3.56. The summed E-state index contributed by atoms with van der Waals surface area (Å²) in [6.07, 6.45) is 4.82. The standard InChI is InChI=1S/C10H14N2O2S/c1-14-10-12-6-8(15-10)9(13)7-4-2-3-5-11-7/h6-7,11H,2-5H2,1H3. The number of hydrogen-bond acceptors (Lipinski definition) is 5. The van der Waals surface area contributed by atoms with E-state index >= 15 is 0 Å².